The molecule has 2 bridgehead atoms. The number of rotatable bonds is 7. The second kappa shape index (κ2) is 9.99. The van der Waals surface area contributed by atoms with Gasteiger partial charge in [-0.05, 0) is 22.4 Å². The van der Waals surface area contributed by atoms with Crippen LogP contribution in [0.5, 0.6) is 0 Å². The topological polar surface area (TPSA) is 102 Å². The van der Waals surface area contributed by atoms with Crippen LogP contribution < -0.4 is 22.3 Å². The van der Waals surface area contributed by atoms with Crippen molar-refractivity contribution in [1.82, 2.24) is 5.16 Å². The molecule has 0 saturated carbocycles. The van der Waals surface area contributed by atoms with Crippen LogP contribution in [0.2, 0.25) is 0 Å². The molecule has 3 aliphatic rings. The Balaban J connectivity index is 0.00000274. The largest absolute Gasteiger partial charge is 1.00 e. The molecule has 2 atom stereocenters. The summed E-state index contributed by atoms with van der Waals surface area (Å²) in [4.78, 5) is 26.1. The first-order chi connectivity index (χ1) is 16.0. The zero-order valence-corrected chi connectivity index (χ0v) is 20.8. The van der Waals surface area contributed by atoms with E-state index in [1.807, 2.05) is 11.4 Å². The number of hydrogen-bond donors (Lipinski definition) is 2. The maximum Gasteiger partial charge on any atom is 0.348 e. The fourth-order valence-corrected chi connectivity index (χ4v) is 5.82. The number of aliphatic hydroxyl groups is 1. The number of ether oxygens (including phenoxy) is 1. The SMILES string of the molecule is O=C(C[N+]12CCC(CC1)C(OC(=O)[C@@](O)(c1ccccc1)c1ccsc1)C2)Nc1ccon1.[Br-]. The van der Waals surface area contributed by atoms with Crippen LogP contribution >= 0.6 is 11.3 Å². The Kier molecular flexibility index (Phi) is 7.22. The van der Waals surface area contributed by atoms with Crippen molar-refractivity contribution in [1.29, 1.82) is 0 Å². The van der Waals surface area contributed by atoms with Crippen molar-refractivity contribution in [2.75, 3.05) is 31.5 Å². The van der Waals surface area contributed by atoms with Gasteiger partial charge in [0.05, 0.1) is 13.1 Å². The molecule has 3 saturated heterocycles. The minimum atomic E-state index is -1.87. The monoisotopic (exact) mass is 547 g/mol. The number of aromatic nitrogens is 1. The number of hydrogen-bond acceptors (Lipinski definition) is 7. The Morgan fingerprint density at radius 3 is 2.59 bits per heavy atom. The molecule has 0 radical (unpaired) electrons. The fourth-order valence-electron chi connectivity index (χ4n) is 5.12. The van der Waals surface area contributed by atoms with Crippen LogP contribution in [0.1, 0.15) is 24.0 Å². The van der Waals surface area contributed by atoms with Crippen molar-refractivity contribution in [3.05, 3.63) is 70.6 Å². The molecule has 5 heterocycles. The van der Waals surface area contributed by atoms with Gasteiger partial charge in [0.15, 0.2) is 18.5 Å². The highest BCUT2D eigenvalue weighted by molar-refractivity contribution is 7.08. The molecule has 6 rings (SSSR count). The number of benzene rings is 1. The molecule has 2 N–H and O–H groups in total. The van der Waals surface area contributed by atoms with Crippen molar-refractivity contribution >= 4 is 29.0 Å². The molecule has 1 aromatic carbocycles. The smallest absolute Gasteiger partial charge is 0.348 e. The summed E-state index contributed by atoms with van der Waals surface area (Å²) < 4.78 is 11.4. The average Bonchev–Trinajstić information content (AvgIpc) is 3.54. The van der Waals surface area contributed by atoms with E-state index in [1.165, 1.54) is 17.6 Å². The predicted molar refractivity (Wildman–Crippen MR) is 121 cm³/mol. The lowest BCUT2D eigenvalue weighted by Crippen LogP contribution is -3.00. The van der Waals surface area contributed by atoms with Gasteiger partial charge >= 0.3 is 5.97 Å². The molecule has 0 spiro atoms. The number of carbonyl (C=O) groups is 2. The third-order valence-corrected chi connectivity index (χ3v) is 7.59. The van der Waals surface area contributed by atoms with Crippen molar-refractivity contribution in [3.8, 4) is 0 Å². The highest BCUT2D eigenvalue weighted by Gasteiger charge is 2.51. The number of piperidine rings is 3. The molecule has 0 aliphatic carbocycles. The molecule has 8 nitrogen and oxygen atoms in total. The Hall–Kier alpha value is -2.53. The number of amides is 1. The zero-order chi connectivity index (χ0) is 22.9. The van der Waals surface area contributed by atoms with Gasteiger partial charge < -0.3 is 41.1 Å². The molecule has 1 amide bonds. The molecule has 10 heteroatoms. The third-order valence-electron chi connectivity index (χ3n) is 6.91. The van der Waals surface area contributed by atoms with E-state index < -0.39 is 11.6 Å². The molecule has 1 unspecified atom stereocenters. The maximum atomic E-state index is 13.5. The molecule has 2 aromatic heterocycles. The van der Waals surface area contributed by atoms with Crippen LogP contribution in [-0.2, 0) is 19.9 Å². The van der Waals surface area contributed by atoms with Crippen molar-refractivity contribution in [2.24, 2.45) is 5.92 Å². The molecule has 34 heavy (non-hydrogen) atoms. The average molecular weight is 548 g/mol. The number of halogens is 1. The van der Waals surface area contributed by atoms with Gasteiger partial charge in [-0.2, -0.15) is 11.3 Å². The number of thiophene rings is 1. The van der Waals surface area contributed by atoms with Crippen LogP contribution in [0.3, 0.4) is 0 Å². The Labute approximate surface area is 211 Å². The van der Waals surface area contributed by atoms with Gasteiger partial charge in [-0.25, -0.2) is 4.79 Å². The van der Waals surface area contributed by atoms with E-state index in [2.05, 4.69) is 10.5 Å². The van der Waals surface area contributed by atoms with Crippen molar-refractivity contribution in [2.45, 2.75) is 24.5 Å². The predicted octanol–water partition coefficient (Wildman–Crippen LogP) is -0.233. The van der Waals surface area contributed by atoms with Crippen LogP contribution in [0.4, 0.5) is 5.82 Å². The van der Waals surface area contributed by atoms with Gasteiger partial charge in [-0.3, -0.25) is 4.79 Å². The normalized spacial score (nSPS) is 25.1. The number of esters is 1. The summed E-state index contributed by atoms with van der Waals surface area (Å²) in [6.07, 6.45) is 2.80. The van der Waals surface area contributed by atoms with Crippen molar-refractivity contribution in [3.63, 3.8) is 0 Å². The van der Waals surface area contributed by atoms with Crippen LogP contribution in [0.25, 0.3) is 0 Å². The Morgan fingerprint density at radius 2 is 1.94 bits per heavy atom. The minimum absolute atomic E-state index is 0. The summed E-state index contributed by atoms with van der Waals surface area (Å²) in [7, 11) is 0. The number of anilines is 1. The first-order valence-corrected chi connectivity index (χ1v) is 12.0. The van der Waals surface area contributed by atoms with E-state index in [-0.39, 0.29) is 41.5 Å². The first-order valence-electron chi connectivity index (χ1n) is 11.1. The van der Waals surface area contributed by atoms with Gasteiger partial charge in [0.1, 0.15) is 12.8 Å². The number of carbonyl (C=O) groups excluding carboxylic acids is 2. The molecule has 180 valence electrons. The maximum absolute atomic E-state index is 13.5. The van der Waals surface area contributed by atoms with Gasteiger partial charge in [0, 0.05) is 30.4 Å². The van der Waals surface area contributed by atoms with Gasteiger partial charge in [0.25, 0.3) is 5.91 Å². The molecule has 3 fully saturated rings. The fraction of sp³-hybridized carbons (Fsp3) is 0.375. The highest BCUT2D eigenvalue weighted by Crippen LogP contribution is 2.38. The summed E-state index contributed by atoms with van der Waals surface area (Å²) in [5, 5.41) is 21.7. The molecule has 3 aliphatic heterocycles. The summed E-state index contributed by atoms with van der Waals surface area (Å²) in [6.45, 7) is 2.55. The Morgan fingerprint density at radius 1 is 1.18 bits per heavy atom. The van der Waals surface area contributed by atoms with Gasteiger partial charge in [0.2, 0.25) is 5.60 Å². The van der Waals surface area contributed by atoms with Crippen LogP contribution in [-0.4, -0.2) is 58.9 Å². The molecule has 3 aromatic rings. The summed E-state index contributed by atoms with van der Waals surface area (Å²) in [5.74, 6) is -0.198. The van der Waals surface area contributed by atoms with Gasteiger partial charge in [-0.15, -0.1) is 0 Å². The Bertz CT molecular complexity index is 1100. The first kappa shape index (κ1) is 24.6. The van der Waals surface area contributed by atoms with E-state index in [0.29, 0.717) is 28.0 Å². The minimum Gasteiger partial charge on any atom is -1.00 e. The lowest BCUT2D eigenvalue weighted by Gasteiger charge is -2.51. The van der Waals surface area contributed by atoms with E-state index >= 15 is 0 Å². The number of quaternary nitrogens is 1. The van der Waals surface area contributed by atoms with E-state index in [4.69, 9.17) is 9.26 Å². The van der Waals surface area contributed by atoms with Gasteiger partial charge in [-0.1, -0.05) is 35.5 Å². The summed E-state index contributed by atoms with van der Waals surface area (Å²) >= 11 is 1.42. The molecular weight excluding hydrogens is 522 g/mol. The quantitative estimate of drug-likeness (QED) is 0.313. The molecular formula is C24H26BrN3O5S. The lowest BCUT2D eigenvalue weighted by molar-refractivity contribution is -0.939. The van der Waals surface area contributed by atoms with E-state index in [9.17, 15) is 14.7 Å². The lowest BCUT2D eigenvalue weighted by atomic mass is 9.82. The second-order valence-corrected chi connectivity index (χ2v) is 9.71. The van der Waals surface area contributed by atoms with E-state index in [1.54, 1.807) is 41.8 Å². The van der Waals surface area contributed by atoms with Crippen LogP contribution in [0, 0.1) is 5.92 Å². The van der Waals surface area contributed by atoms with Crippen LogP contribution in [0.15, 0.2) is 64.0 Å². The number of nitrogens with zero attached hydrogens (tertiary/aromatic N) is 2. The van der Waals surface area contributed by atoms with Crippen molar-refractivity contribution < 1.29 is 45.4 Å². The summed E-state index contributed by atoms with van der Waals surface area (Å²) in [6, 6.07) is 12.2. The summed E-state index contributed by atoms with van der Waals surface area (Å²) in [5.41, 5.74) is -0.894. The second-order valence-electron chi connectivity index (χ2n) is 8.93. The van der Waals surface area contributed by atoms with E-state index in [0.717, 1.165) is 25.9 Å². The highest BCUT2D eigenvalue weighted by atomic mass is 79.9. The zero-order valence-electron chi connectivity index (χ0n) is 18.4. The number of fused-ring (bicyclic) bond motifs is 3. The number of nitrogens with one attached hydrogen (secondary N) is 1. The third kappa shape index (κ3) is 4.68. The standard InChI is InChI=1S/C24H25N3O5S.BrH/c28-22(25-21-8-12-31-26-21)15-27-10-6-17(7-11-27)20(14-27)32-23(29)24(30,19-9-13-33-16-19)18-4-2-1-3-5-18;/h1-5,8-9,12-13,16-17,20,30H,6-7,10-11,14-15H2;1H/t17?,20?,24-,27?;/m1./s1.